The first-order chi connectivity index (χ1) is 8.20. The average molecular weight is 235 g/mol. The zero-order valence-corrected chi connectivity index (χ0v) is 9.24. The second-order valence-electron chi connectivity index (χ2n) is 3.57. The van der Waals surface area contributed by atoms with E-state index >= 15 is 0 Å². The minimum atomic E-state index is -0.886. The first kappa shape index (κ1) is 11.6. The molecule has 0 radical (unpaired) electrons. The van der Waals surface area contributed by atoms with Crippen LogP contribution in [0.1, 0.15) is 5.69 Å². The van der Waals surface area contributed by atoms with Crippen molar-refractivity contribution in [2.45, 2.75) is 6.54 Å². The van der Waals surface area contributed by atoms with E-state index in [2.05, 4.69) is 15.5 Å². The van der Waals surface area contributed by atoms with Crippen molar-refractivity contribution in [1.29, 1.82) is 0 Å². The molecular formula is C12H11F2N3. The molecule has 0 unspecified atom stereocenters. The van der Waals surface area contributed by atoms with Crippen LogP contribution in [0.25, 0.3) is 11.3 Å². The second-order valence-corrected chi connectivity index (χ2v) is 3.57. The molecule has 0 bridgehead atoms. The van der Waals surface area contributed by atoms with Gasteiger partial charge in [0.1, 0.15) is 0 Å². The van der Waals surface area contributed by atoms with E-state index in [1.165, 1.54) is 6.07 Å². The molecule has 0 saturated carbocycles. The molecule has 3 nitrogen and oxygen atoms in total. The normalized spacial score (nSPS) is 10.5. The Balaban J connectivity index is 2.30. The molecule has 0 saturated heterocycles. The molecule has 0 aliphatic heterocycles. The fraction of sp³-hybridized carbons (Fsp3) is 0.167. The van der Waals surface area contributed by atoms with Gasteiger partial charge in [0.05, 0.1) is 11.4 Å². The number of aromatic nitrogens is 2. The van der Waals surface area contributed by atoms with E-state index in [1.807, 2.05) is 7.05 Å². The van der Waals surface area contributed by atoms with Gasteiger partial charge in [-0.2, -0.15) is 10.2 Å². The highest BCUT2D eigenvalue weighted by molar-refractivity contribution is 5.58. The summed E-state index contributed by atoms with van der Waals surface area (Å²) in [6, 6.07) is 7.18. The fourth-order valence-electron chi connectivity index (χ4n) is 1.44. The number of rotatable bonds is 3. The van der Waals surface area contributed by atoms with Crippen molar-refractivity contribution in [3.05, 3.63) is 47.7 Å². The van der Waals surface area contributed by atoms with Gasteiger partial charge in [-0.25, -0.2) is 8.78 Å². The Labute approximate surface area is 97.5 Å². The summed E-state index contributed by atoms with van der Waals surface area (Å²) in [4.78, 5) is 0. The van der Waals surface area contributed by atoms with Gasteiger partial charge in [0.25, 0.3) is 0 Å². The molecular weight excluding hydrogens is 224 g/mol. The Kier molecular flexibility index (Phi) is 3.39. The zero-order chi connectivity index (χ0) is 12.3. The van der Waals surface area contributed by atoms with Gasteiger partial charge in [-0.05, 0) is 37.4 Å². The molecule has 1 aromatic carbocycles. The van der Waals surface area contributed by atoms with Crippen LogP contribution in [0, 0.1) is 11.6 Å². The maximum atomic E-state index is 13.0. The van der Waals surface area contributed by atoms with Crippen molar-refractivity contribution in [3.63, 3.8) is 0 Å². The van der Waals surface area contributed by atoms with E-state index < -0.39 is 11.6 Å². The number of halogens is 2. The lowest BCUT2D eigenvalue weighted by molar-refractivity contribution is 0.509. The molecule has 0 atom stereocenters. The third-order valence-electron chi connectivity index (χ3n) is 2.29. The second kappa shape index (κ2) is 4.97. The summed E-state index contributed by atoms with van der Waals surface area (Å²) >= 11 is 0. The largest absolute Gasteiger partial charge is 0.314 e. The summed E-state index contributed by atoms with van der Waals surface area (Å²) in [6.07, 6.45) is 0. The van der Waals surface area contributed by atoms with E-state index in [1.54, 1.807) is 12.1 Å². The molecule has 0 spiro atoms. The van der Waals surface area contributed by atoms with Crippen LogP contribution in [0.5, 0.6) is 0 Å². The van der Waals surface area contributed by atoms with Crippen molar-refractivity contribution >= 4 is 0 Å². The third kappa shape index (κ3) is 2.62. The summed E-state index contributed by atoms with van der Waals surface area (Å²) < 4.78 is 25.8. The van der Waals surface area contributed by atoms with E-state index in [4.69, 9.17) is 0 Å². The Hall–Kier alpha value is -1.88. The van der Waals surface area contributed by atoms with Crippen LogP contribution in [0.3, 0.4) is 0 Å². The molecule has 2 rings (SSSR count). The first-order valence-electron chi connectivity index (χ1n) is 5.13. The maximum absolute atomic E-state index is 13.0. The Morgan fingerprint density at radius 3 is 2.47 bits per heavy atom. The highest BCUT2D eigenvalue weighted by Crippen LogP contribution is 2.18. The minimum Gasteiger partial charge on any atom is -0.314 e. The van der Waals surface area contributed by atoms with Crippen molar-refractivity contribution < 1.29 is 8.78 Å². The van der Waals surface area contributed by atoms with Gasteiger partial charge in [0.15, 0.2) is 11.6 Å². The van der Waals surface area contributed by atoms with E-state index in [0.29, 0.717) is 17.8 Å². The molecule has 1 heterocycles. The quantitative estimate of drug-likeness (QED) is 0.885. The van der Waals surface area contributed by atoms with Crippen molar-refractivity contribution in [2.24, 2.45) is 0 Å². The predicted molar refractivity (Wildman–Crippen MR) is 60.1 cm³/mol. The van der Waals surface area contributed by atoms with Crippen LogP contribution in [-0.2, 0) is 6.54 Å². The molecule has 0 aliphatic rings. The van der Waals surface area contributed by atoms with Crippen LogP contribution < -0.4 is 5.32 Å². The lowest BCUT2D eigenvalue weighted by atomic mass is 10.1. The van der Waals surface area contributed by atoms with Gasteiger partial charge in [0.2, 0.25) is 0 Å². The van der Waals surface area contributed by atoms with Crippen molar-refractivity contribution in [1.82, 2.24) is 15.5 Å². The average Bonchev–Trinajstić information content (AvgIpc) is 2.34. The Bertz CT molecular complexity index is 512. The van der Waals surface area contributed by atoms with E-state index in [0.717, 1.165) is 17.8 Å². The predicted octanol–water partition coefficient (Wildman–Crippen LogP) is 2.14. The zero-order valence-electron chi connectivity index (χ0n) is 9.24. The van der Waals surface area contributed by atoms with Gasteiger partial charge in [-0.15, -0.1) is 0 Å². The highest BCUT2D eigenvalue weighted by atomic mass is 19.2. The van der Waals surface area contributed by atoms with Gasteiger partial charge in [0, 0.05) is 12.1 Å². The van der Waals surface area contributed by atoms with Crippen molar-refractivity contribution in [2.75, 3.05) is 7.05 Å². The van der Waals surface area contributed by atoms with Gasteiger partial charge in [-0.3, -0.25) is 0 Å². The van der Waals surface area contributed by atoms with Crippen LogP contribution >= 0.6 is 0 Å². The van der Waals surface area contributed by atoms with Crippen LogP contribution in [0.2, 0.25) is 0 Å². The van der Waals surface area contributed by atoms with E-state index in [9.17, 15) is 8.78 Å². The maximum Gasteiger partial charge on any atom is 0.159 e. The molecule has 17 heavy (non-hydrogen) atoms. The monoisotopic (exact) mass is 235 g/mol. The number of benzene rings is 1. The molecule has 1 N–H and O–H groups in total. The Morgan fingerprint density at radius 2 is 1.88 bits per heavy atom. The summed E-state index contributed by atoms with van der Waals surface area (Å²) in [7, 11) is 1.81. The van der Waals surface area contributed by atoms with Crippen LogP contribution in [0.4, 0.5) is 8.78 Å². The van der Waals surface area contributed by atoms with Crippen LogP contribution in [-0.4, -0.2) is 17.2 Å². The summed E-state index contributed by atoms with van der Waals surface area (Å²) in [5, 5.41) is 10.9. The molecule has 2 aromatic rings. The number of nitrogens with one attached hydrogen (secondary N) is 1. The van der Waals surface area contributed by atoms with Crippen molar-refractivity contribution in [3.8, 4) is 11.3 Å². The molecule has 88 valence electrons. The highest BCUT2D eigenvalue weighted by Gasteiger charge is 2.06. The minimum absolute atomic E-state index is 0.507. The molecule has 1 aromatic heterocycles. The van der Waals surface area contributed by atoms with Crippen LogP contribution in [0.15, 0.2) is 30.3 Å². The fourth-order valence-corrected chi connectivity index (χ4v) is 1.44. The summed E-state index contributed by atoms with van der Waals surface area (Å²) in [5.74, 6) is -1.75. The Morgan fingerprint density at radius 1 is 1.06 bits per heavy atom. The first-order valence-corrected chi connectivity index (χ1v) is 5.13. The molecule has 0 amide bonds. The molecule has 5 heteroatoms. The number of hydrogen-bond donors (Lipinski definition) is 1. The van der Waals surface area contributed by atoms with Gasteiger partial charge >= 0.3 is 0 Å². The van der Waals surface area contributed by atoms with E-state index in [-0.39, 0.29) is 0 Å². The topological polar surface area (TPSA) is 37.8 Å². The molecule has 0 aliphatic carbocycles. The van der Waals surface area contributed by atoms with Gasteiger partial charge < -0.3 is 5.32 Å². The SMILES string of the molecule is CNCc1ccc(-c2ccc(F)c(F)c2)nn1. The summed E-state index contributed by atoms with van der Waals surface area (Å²) in [5.41, 5.74) is 1.81. The number of hydrogen-bond acceptors (Lipinski definition) is 3. The standard InChI is InChI=1S/C12H11F2N3/c1-15-7-9-3-5-12(17-16-9)8-2-4-10(13)11(14)6-8/h2-6,15H,7H2,1H3. The smallest absolute Gasteiger partial charge is 0.159 e. The lowest BCUT2D eigenvalue weighted by Gasteiger charge is -2.02. The number of nitrogens with zero attached hydrogens (tertiary/aromatic N) is 2. The summed E-state index contributed by atoms with van der Waals surface area (Å²) in [6.45, 7) is 0.616. The molecule has 0 fully saturated rings. The third-order valence-corrected chi connectivity index (χ3v) is 2.29. The lowest BCUT2D eigenvalue weighted by Crippen LogP contribution is -2.07. The van der Waals surface area contributed by atoms with Gasteiger partial charge in [-0.1, -0.05) is 0 Å².